The molecule has 0 bridgehead atoms. The summed E-state index contributed by atoms with van der Waals surface area (Å²) in [5.41, 5.74) is 8.83. The van der Waals surface area contributed by atoms with Gasteiger partial charge < -0.3 is 18.7 Å². The van der Waals surface area contributed by atoms with Crippen molar-refractivity contribution < 1.29 is 43.4 Å². The van der Waals surface area contributed by atoms with Gasteiger partial charge in [0.2, 0.25) is 0 Å². The van der Waals surface area contributed by atoms with Crippen LogP contribution in [0.1, 0.15) is 31.9 Å². The molecular formula is C58H38F3N3O2Pt. The van der Waals surface area contributed by atoms with Crippen LogP contribution in [0.4, 0.5) is 13.2 Å². The summed E-state index contributed by atoms with van der Waals surface area (Å²) in [7, 11) is 0. The second kappa shape index (κ2) is 17.4. The van der Waals surface area contributed by atoms with Crippen LogP contribution < -0.4 is 4.74 Å². The molecule has 0 N–H and O–H groups in total. The summed E-state index contributed by atoms with van der Waals surface area (Å²) in [6.45, 7) is 6.63. The van der Waals surface area contributed by atoms with Gasteiger partial charge in [-0.2, -0.15) is 8.78 Å². The number of benzene rings is 8. The fourth-order valence-corrected chi connectivity index (χ4v) is 8.97. The van der Waals surface area contributed by atoms with E-state index >= 15 is 0 Å². The maximum absolute atomic E-state index is 14.3. The number of fused-ring (bicyclic) bond motifs is 7. The molecule has 0 atom stereocenters. The van der Waals surface area contributed by atoms with Gasteiger partial charge in [-0.15, -0.1) is 23.8 Å². The van der Waals surface area contributed by atoms with Crippen LogP contribution >= 0.6 is 0 Å². The minimum absolute atomic E-state index is 0. The Kier molecular flexibility index (Phi) is 11.2. The molecule has 67 heavy (non-hydrogen) atoms. The van der Waals surface area contributed by atoms with Crippen LogP contribution in [-0.4, -0.2) is 14.5 Å². The number of hydrogen-bond donors (Lipinski definition) is 0. The molecule has 11 aromatic rings. The molecule has 3 heterocycles. The normalized spacial score (nSPS) is 11.6. The number of hydrogen-bond acceptors (Lipinski definition) is 4. The monoisotopic (exact) mass is 1060 g/mol. The summed E-state index contributed by atoms with van der Waals surface area (Å²) in [5.74, 6) is -0.0394. The van der Waals surface area contributed by atoms with E-state index in [-0.39, 0.29) is 32.0 Å². The number of ether oxygens (including phenoxy) is 1. The Bertz CT molecular complexity index is 3690. The predicted molar refractivity (Wildman–Crippen MR) is 259 cm³/mol. The number of nitrogens with zero attached hydrogens (tertiary/aromatic N) is 3. The maximum atomic E-state index is 14.3. The van der Waals surface area contributed by atoms with Crippen molar-refractivity contribution in [2.24, 2.45) is 0 Å². The third kappa shape index (κ3) is 7.91. The molecular weight excluding hydrogens is 1020 g/mol. The van der Waals surface area contributed by atoms with Crippen LogP contribution in [-0.2, 0) is 26.5 Å². The van der Waals surface area contributed by atoms with Gasteiger partial charge in [0, 0.05) is 52.1 Å². The number of halogens is 3. The topological polar surface area (TPSA) is 53.1 Å². The van der Waals surface area contributed by atoms with Crippen molar-refractivity contribution in [1.82, 2.24) is 14.5 Å². The Morgan fingerprint density at radius 3 is 2.18 bits per heavy atom. The van der Waals surface area contributed by atoms with Gasteiger partial charge in [0.15, 0.2) is 5.83 Å². The first-order valence-electron chi connectivity index (χ1n) is 21.5. The second-order valence-corrected chi connectivity index (χ2v) is 17.2. The molecule has 328 valence electrons. The average molecular weight is 1060 g/mol. The van der Waals surface area contributed by atoms with Gasteiger partial charge in [-0.25, -0.2) is 4.39 Å². The minimum atomic E-state index is -2.36. The van der Waals surface area contributed by atoms with Crippen molar-refractivity contribution in [3.05, 3.63) is 206 Å². The quantitative estimate of drug-likeness (QED) is 0.112. The molecule has 0 aliphatic carbocycles. The maximum Gasteiger partial charge on any atom is 2.00 e. The van der Waals surface area contributed by atoms with Crippen molar-refractivity contribution in [3.8, 4) is 62.1 Å². The van der Waals surface area contributed by atoms with E-state index < -0.39 is 11.9 Å². The van der Waals surface area contributed by atoms with Gasteiger partial charge in [-0.3, -0.25) is 4.98 Å². The summed E-state index contributed by atoms with van der Waals surface area (Å²) in [4.78, 5) is 9.54. The Hall–Kier alpha value is -7.54. The van der Waals surface area contributed by atoms with E-state index in [4.69, 9.17) is 14.1 Å². The molecule has 3 aromatic heterocycles. The zero-order valence-corrected chi connectivity index (χ0v) is 38.6. The van der Waals surface area contributed by atoms with E-state index in [1.807, 2.05) is 97.2 Å². The first kappa shape index (κ1) is 43.4. The molecule has 0 saturated carbocycles. The Morgan fingerprint density at radius 1 is 0.627 bits per heavy atom. The van der Waals surface area contributed by atoms with E-state index in [1.54, 1.807) is 24.5 Å². The van der Waals surface area contributed by atoms with Crippen molar-refractivity contribution in [2.75, 3.05) is 0 Å². The van der Waals surface area contributed by atoms with Gasteiger partial charge >= 0.3 is 27.1 Å². The van der Waals surface area contributed by atoms with Crippen molar-refractivity contribution in [2.45, 2.75) is 26.2 Å². The average Bonchev–Trinajstić information content (AvgIpc) is 3.99. The molecule has 0 aliphatic rings. The fourth-order valence-electron chi connectivity index (χ4n) is 8.97. The number of rotatable bonds is 8. The molecule has 8 aromatic carbocycles. The summed E-state index contributed by atoms with van der Waals surface area (Å²) in [5, 5.41) is 5.37. The predicted octanol–water partition coefficient (Wildman–Crippen LogP) is 16.4. The SMILES string of the molecule is CC(C)(C)c1cc(-c2ccccc2)ccc1-n1ccnc1-c1[c-]c(Oc2[c-]c(-c3ccccn3)ccc2)cc2c1oc1ccc3c(-c4ccc(C(F)=C(F)F)cc4)cc4ccccc4c3c12.[Pt+2]. The molecule has 0 saturated heterocycles. The molecule has 9 heteroatoms. The second-order valence-electron chi connectivity index (χ2n) is 17.2. The van der Waals surface area contributed by atoms with Gasteiger partial charge in [-0.1, -0.05) is 153 Å². The Balaban J connectivity index is 0.00000525. The van der Waals surface area contributed by atoms with Crippen LogP contribution in [0.15, 0.2) is 187 Å². The first-order chi connectivity index (χ1) is 32.1. The van der Waals surface area contributed by atoms with Crippen LogP contribution in [0.2, 0.25) is 0 Å². The molecule has 0 fully saturated rings. The van der Waals surface area contributed by atoms with Crippen LogP contribution in [0.25, 0.3) is 99.9 Å². The van der Waals surface area contributed by atoms with E-state index in [0.29, 0.717) is 34.1 Å². The zero-order valence-electron chi connectivity index (χ0n) is 36.4. The number of aromatic nitrogens is 3. The Labute approximate surface area is 399 Å². The van der Waals surface area contributed by atoms with Crippen molar-refractivity contribution in [3.63, 3.8) is 0 Å². The van der Waals surface area contributed by atoms with E-state index in [0.717, 1.165) is 77.1 Å². The van der Waals surface area contributed by atoms with Crippen molar-refractivity contribution >= 4 is 49.3 Å². The smallest absolute Gasteiger partial charge is 0.501 e. The number of furan rings is 1. The molecule has 0 amide bonds. The van der Waals surface area contributed by atoms with Gasteiger partial charge in [0.25, 0.3) is 0 Å². The molecule has 0 radical (unpaired) electrons. The van der Waals surface area contributed by atoms with Gasteiger partial charge in [0.05, 0.1) is 11.4 Å². The van der Waals surface area contributed by atoms with E-state index in [2.05, 4.69) is 84.9 Å². The van der Waals surface area contributed by atoms with Gasteiger partial charge in [-0.05, 0) is 85.4 Å². The number of imidazole rings is 1. The largest absolute Gasteiger partial charge is 2.00 e. The van der Waals surface area contributed by atoms with E-state index in [9.17, 15) is 13.2 Å². The third-order valence-corrected chi connectivity index (χ3v) is 12.0. The Morgan fingerprint density at radius 2 is 1.40 bits per heavy atom. The first-order valence-corrected chi connectivity index (χ1v) is 21.5. The van der Waals surface area contributed by atoms with Gasteiger partial charge in [0.1, 0.15) is 5.58 Å². The van der Waals surface area contributed by atoms with Crippen molar-refractivity contribution in [1.29, 1.82) is 0 Å². The standard InChI is InChI=1S/C58H38F3N3O2.Pt/c1-58(2,3)48-32-38(35-12-5-4-6-13-35)23-25-50(48)64-29-28-63-57(64)47-34-42(65-41-16-11-15-40(30-41)49-18-9-10-27-62-49)33-46-53-51(66-55(46)47)26-24-44-45(31-39-14-7-8-17-43(39)52(44)53)36-19-21-37(22-20-36)54(59)56(60)61;/h4-29,31-33H,1-3H3;/q-2;+2. The van der Waals surface area contributed by atoms with E-state index in [1.165, 1.54) is 12.1 Å². The molecule has 0 unspecified atom stereocenters. The van der Waals surface area contributed by atoms with Crippen LogP contribution in [0.5, 0.6) is 11.5 Å². The fraction of sp³-hybridized carbons (Fsp3) is 0.0690. The number of pyridine rings is 1. The molecule has 0 aliphatic heterocycles. The minimum Gasteiger partial charge on any atom is -0.501 e. The van der Waals surface area contributed by atoms with Crippen LogP contribution in [0.3, 0.4) is 0 Å². The summed E-state index contributed by atoms with van der Waals surface area (Å²) in [6.07, 6.45) is 3.14. The molecule has 0 spiro atoms. The summed E-state index contributed by atoms with van der Waals surface area (Å²) < 4.78 is 56.6. The molecule has 5 nitrogen and oxygen atoms in total. The summed E-state index contributed by atoms with van der Waals surface area (Å²) >= 11 is 0. The molecule has 11 rings (SSSR count). The summed E-state index contributed by atoms with van der Waals surface area (Å²) in [6, 6.07) is 57.5. The zero-order chi connectivity index (χ0) is 45.1. The van der Waals surface area contributed by atoms with Crippen LogP contribution in [0, 0.1) is 12.1 Å². The third-order valence-electron chi connectivity index (χ3n) is 12.0.